The molecule has 4 rings (SSSR count). The van der Waals surface area contributed by atoms with Crippen LogP contribution in [0.15, 0.2) is 59.1 Å². The van der Waals surface area contributed by atoms with Crippen molar-refractivity contribution in [1.82, 2.24) is 15.5 Å². The highest BCUT2D eigenvalue weighted by molar-refractivity contribution is 5.94. The minimum Gasteiger partial charge on any atom is -0.486 e. The largest absolute Gasteiger partial charge is 0.486 e. The Bertz CT molecular complexity index is 1120. The molecule has 172 valence electrons. The molecule has 0 radical (unpaired) electrons. The molecule has 2 aromatic carbocycles. The molecule has 1 aliphatic rings. The van der Waals surface area contributed by atoms with E-state index in [9.17, 15) is 14.0 Å². The quantitative estimate of drug-likeness (QED) is 0.455. The van der Waals surface area contributed by atoms with Crippen molar-refractivity contribution in [2.24, 2.45) is 0 Å². The van der Waals surface area contributed by atoms with Crippen molar-refractivity contribution in [3.8, 4) is 17.0 Å². The summed E-state index contributed by atoms with van der Waals surface area (Å²) >= 11 is 0. The van der Waals surface area contributed by atoms with Crippen molar-refractivity contribution in [2.45, 2.75) is 24.9 Å². The van der Waals surface area contributed by atoms with E-state index in [-0.39, 0.29) is 37.2 Å². The zero-order chi connectivity index (χ0) is 23.4. The van der Waals surface area contributed by atoms with E-state index in [2.05, 4.69) is 5.16 Å². The summed E-state index contributed by atoms with van der Waals surface area (Å²) in [6.07, 6.45) is 1.43. The topological polar surface area (TPSA) is 105 Å². The van der Waals surface area contributed by atoms with Crippen LogP contribution in [0.4, 0.5) is 4.39 Å². The number of rotatable bonds is 10. The van der Waals surface area contributed by atoms with Crippen molar-refractivity contribution in [2.75, 3.05) is 20.1 Å². The molecular weight excluding hydrogens is 429 g/mol. The van der Waals surface area contributed by atoms with E-state index in [4.69, 9.17) is 14.5 Å². The smallest absolute Gasteiger partial charge is 0.233 e. The van der Waals surface area contributed by atoms with Crippen molar-refractivity contribution < 1.29 is 28.4 Å². The molecule has 1 amide bonds. The summed E-state index contributed by atoms with van der Waals surface area (Å²) in [5.74, 6) is 0.429. The highest BCUT2D eigenvalue weighted by Crippen LogP contribution is 2.49. The third-order valence-electron chi connectivity index (χ3n) is 5.68. The second-order valence-corrected chi connectivity index (χ2v) is 8.12. The number of amides is 1. The first-order valence-electron chi connectivity index (χ1n) is 10.5. The lowest BCUT2D eigenvalue weighted by molar-refractivity contribution is -0.136. The van der Waals surface area contributed by atoms with Crippen molar-refractivity contribution in [1.29, 1.82) is 0 Å². The van der Waals surface area contributed by atoms with Crippen molar-refractivity contribution in [3.05, 3.63) is 71.7 Å². The van der Waals surface area contributed by atoms with Crippen LogP contribution >= 0.6 is 0 Å². The van der Waals surface area contributed by atoms with Gasteiger partial charge in [0, 0.05) is 18.7 Å². The molecule has 2 N–H and O–H groups in total. The molecule has 1 fully saturated rings. The molecule has 0 saturated heterocycles. The van der Waals surface area contributed by atoms with Crippen LogP contribution in [0, 0.1) is 5.82 Å². The molecule has 3 aromatic rings. The number of ketones is 1. The molecule has 0 spiro atoms. The molecular formula is C24H24FN3O5. The molecule has 1 heterocycles. The number of carbonyl (C=O) groups is 2. The number of halogens is 1. The zero-order valence-corrected chi connectivity index (χ0v) is 18.1. The van der Waals surface area contributed by atoms with Crippen LogP contribution in [-0.4, -0.2) is 47.1 Å². The number of hydroxylamine groups is 1. The van der Waals surface area contributed by atoms with Crippen LogP contribution in [0.2, 0.25) is 0 Å². The van der Waals surface area contributed by atoms with Gasteiger partial charge in [-0.3, -0.25) is 9.59 Å². The Labute approximate surface area is 189 Å². The predicted octanol–water partition coefficient (Wildman–Crippen LogP) is 3.10. The first kappa shape index (κ1) is 22.6. The zero-order valence-electron chi connectivity index (χ0n) is 18.1. The van der Waals surface area contributed by atoms with Gasteiger partial charge in [0.05, 0.1) is 18.5 Å². The van der Waals surface area contributed by atoms with Gasteiger partial charge in [-0.05, 0) is 54.8 Å². The van der Waals surface area contributed by atoms with Crippen LogP contribution in [0.1, 0.15) is 24.2 Å². The molecule has 1 aliphatic carbocycles. The molecule has 33 heavy (non-hydrogen) atoms. The Morgan fingerprint density at radius 3 is 2.52 bits per heavy atom. The van der Waals surface area contributed by atoms with Gasteiger partial charge in [-0.15, -0.1) is 0 Å². The van der Waals surface area contributed by atoms with Gasteiger partial charge in [0.15, 0.2) is 11.5 Å². The Morgan fingerprint density at radius 2 is 1.88 bits per heavy atom. The van der Waals surface area contributed by atoms with E-state index < -0.39 is 5.41 Å². The summed E-state index contributed by atoms with van der Waals surface area (Å²) in [6.45, 7) is -0.0962. The highest BCUT2D eigenvalue weighted by atomic mass is 19.1. The van der Waals surface area contributed by atoms with Gasteiger partial charge in [0.1, 0.15) is 23.9 Å². The van der Waals surface area contributed by atoms with Crippen molar-refractivity contribution >= 4 is 11.7 Å². The molecule has 1 aromatic heterocycles. The monoisotopic (exact) mass is 453 g/mol. The molecule has 9 heteroatoms. The summed E-state index contributed by atoms with van der Waals surface area (Å²) in [6, 6.07) is 15.0. The van der Waals surface area contributed by atoms with Gasteiger partial charge in [-0.25, -0.2) is 4.39 Å². The molecule has 1 saturated carbocycles. The third-order valence-corrected chi connectivity index (χ3v) is 5.68. The van der Waals surface area contributed by atoms with Gasteiger partial charge in [0.25, 0.3) is 0 Å². The number of likely N-dealkylation sites (N-methyl/N-ethyl adjacent to an activating group) is 1. The first-order valence-corrected chi connectivity index (χ1v) is 10.5. The fourth-order valence-corrected chi connectivity index (χ4v) is 3.76. The van der Waals surface area contributed by atoms with E-state index in [1.807, 2.05) is 17.6 Å². The number of hydrogen-bond acceptors (Lipinski definition) is 7. The van der Waals surface area contributed by atoms with Gasteiger partial charge in [0.2, 0.25) is 5.91 Å². The van der Waals surface area contributed by atoms with Crippen LogP contribution < -0.4 is 10.2 Å². The Balaban J connectivity index is 1.35. The normalized spacial score (nSPS) is 14.0. The van der Waals surface area contributed by atoms with E-state index in [0.29, 0.717) is 30.0 Å². The SMILES string of the molecule is CN(CC(=O)CNO)C(=O)C1(c2ccc(OCc3cc(-c4ccc(F)cc4)no3)cc2)CC1. The number of aromatic nitrogens is 1. The Morgan fingerprint density at radius 1 is 1.18 bits per heavy atom. The summed E-state index contributed by atoms with van der Waals surface area (Å²) in [7, 11) is 1.59. The second kappa shape index (κ2) is 9.51. The number of hydrogen-bond donors (Lipinski definition) is 2. The number of nitrogens with one attached hydrogen (secondary N) is 1. The average Bonchev–Trinajstić information content (AvgIpc) is 3.49. The third kappa shape index (κ3) is 5.10. The average molecular weight is 453 g/mol. The summed E-state index contributed by atoms with van der Waals surface area (Å²) in [4.78, 5) is 26.0. The minimum atomic E-state index is -0.616. The predicted molar refractivity (Wildman–Crippen MR) is 116 cm³/mol. The molecule has 8 nitrogen and oxygen atoms in total. The van der Waals surface area contributed by atoms with E-state index in [0.717, 1.165) is 11.1 Å². The standard InChI is InChI=1S/C24H24FN3O5/c1-28(14-19(29)13-26-31)23(30)24(10-11-24)17-4-8-20(9-5-17)32-15-21-12-22(27-33-21)16-2-6-18(25)7-3-16/h2-9,12,26,31H,10-11,13-15H2,1H3. The lowest BCUT2D eigenvalue weighted by Crippen LogP contribution is -2.41. The lowest BCUT2D eigenvalue weighted by atomic mass is 9.94. The fraction of sp³-hybridized carbons (Fsp3) is 0.292. The van der Waals surface area contributed by atoms with E-state index in [1.165, 1.54) is 17.0 Å². The number of ether oxygens (including phenoxy) is 1. The van der Waals surface area contributed by atoms with Gasteiger partial charge in [-0.2, -0.15) is 5.48 Å². The summed E-state index contributed by atoms with van der Waals surface area (Å²) in [5, 5.41) is 12.6. The maximum atomic E-state index is 13.1. The Kier molecular flexibility index (Phi) is 6.52. The second-order valence-electron chi connectivity index (χ2n) is 8.12. The van der Waals surface area contributed by atoms with Crippen molar-refractivity contribution in [3.63, 3.8) is 0 Å². The number of benzene rings is 2. The van der Waals surface area contributed by atoms with Crippen LogP contribution in [0.25, 0.3) is 11.3 Å². The van der Waals surface area contributed by atoms with Gasteiger partial charge < -0.3 is 19.4 Å². The summed E-state index contributed by atoms with van der Waals surface area (Å²) in [5.41, 5.74) is 3.41. The number of carbonyl (C=O) groups excluding carboxylic acids is 2. The number of nitrogens with zero attached hydrogens (tertiary/aromatic N) is 2. The molecule has 0 bridgehead atoms. The summed E-state index contributed by atoms with van der Waals surface area (Å²) < 4.78 is 24.1. The maximum absolute atomic E-state index is 13.1. The minimum absolute atomic E-state index is 0.0631. The lowest BCUT2D eigenvalue weighted by Gasteiger charge is -2.23. The Hall–Kier alpha value is -3.56. The maximum Gasteiger partial charge on any atom is 0.233 e. The van der Waals surface area contributed by atoms with Gasteiger partial charge in [-0.1, -0.05) is 17.3 Å². The molecule has 0 aliphatic heterocycles. The van der Waals surface area contributed by atoms with Crippen LogP contribution in [0.5, 0.6) is 5.75 Å². The molecule has 0 atom stereocenters. The number of Topliss-reactive ketones (excluding diaryl/α,β-unsaturated/α-hetero) is 1. The van der Waals surface area contributed by atoms with E-state index >= 15 is 0 Å². The first-order chi connectivity index (χ1) is 15.9. The van der Waals surface area contributed by atoms with E-state index in [1.54, 1.807) is 37.4 Å². The molecule has 0 unspecified atom stereocenters. The van der Waals surface area contributed by atoms with Crippen LogP contribution in [-0.2, 0) is 21.6 Å². The highest BCUT2D eigenvalue weighted by Gasteiger charge is 2.52. The fourth-order valence-electron chi connectivity index (χ4n) is 3.76. The van der Waals surface area contributed by atoms with Crippen LogP contribution in [0.3, 0.4) is 0 Å². The van der Waals surface area contributed by atoms with Gasteiger partial charge >= 0.3 is 0 Å².